The Labute approximate surface area is 184 Å². The fourth-order valence-corrected chi connectivity index (χ4v) is 4.33. The van der Waals surface area contributed by atoms with Gasteiger partial charge < -0.3 is 14.2 Å². The van der Waals surface area contributed by atoms with Crippen molar-refractivity contribution in [2.24, 2.45) is 0 Å². The molecule has 0 amide bonds. The highest BCUT2D eigenvalue weighted by Crippen LogP contribution is 2.41. The number of fused-ring (bicyclic) bond motifs is 1. The quantitative estimate of drug-likeness (QED) is 0.276. The maximum absolute atomic E-state index is 13.5. The second-order valence-electron chi connectivity index (χ2n) is 6.66. The van der Waals surface area contributed by atoms with Crippen LogP contribution in [-0.2, 0) is 0 Å². The Kier molecular flexibility index (Phi) is 6.00. The van der Waals surface area contributed by atoms with E-state index in [1.807, 2.05) is 48.5 Å². The third kappa shape index (κ3) is 4.02. The van der Waals surface area contributed by atoms with Crippen LogP contribution in [0.2, 0.25) is 0 Å². The summed E-state index contributed by atoms with van der Waals surface area (Å²) in [6, 6.07) is 20.6. The minimum atomic E-state index is -0.114. The molecule has 0 N–H and O–H groups in total. The minimum absolute atomic E-state index is 0.114. The van der Waals surface area contributed by atoms with Crippen molar-refractivity contribution in [1.82, 2.24) is 4.98 Å². The summed E-state index contributed by atoms with van der Waals surface area (Å²) in [4.78, 5) is 18.2. The van der Waals surface area contributed by atoms with Crippen molar-refractivity contribution in [3.8, 4) is 17.2 Å². The summed E-state index contributed by atoms with van der Waals surface area (Å²) in [5, 5.41) is 0.645. The van der Waals surface area contributed by atoms with E-state index in [9.17, 15) is 4.79 Å². The fraction of sp³-hybridized carbons (Fsp3) is 0.120. The molecule has 4 aromatic rings. The topological polar surface area (TPSA) is 57.7 Å². The zero-order valence-electron chi connectivity index (χ0n) is 17.4. The molecule has 5 nitrogen and oxygen atoms in total. The van der Waals surface area contributed by atoms with E-state index in [0.29, 0.717) is 39.0 Å². The predicted octanol–water partition coefficient (Wildman–Crippen LogP) is 5.75. The van der Waals surface area contributed by atoms with Gasteiger partial charge in [0.25, 0.3) is 0 Å². The van der Waals surface area contributed by atoms with Gasteiger partial charge in [0, 0.05) is 11.1 Å². The van der Waals surface area contributed by atoms with Crippen LogP contribution in [0, 0.1) is 0 Å². The van der Waals surface area contributed by atoms with Crippen LogP contribution in [0.3, 0.4) is 0 Å². The molecule has 0 unspecified atom stereocenters. The lowest BCUT2D eigenvalue weighted by atomic mass is 10.0. The van der Waals surface area contributed by atoms with Crippen molar-refractivity contribution in [2.75, 3.05) is 21.3 Å². The molecule has 4 rings (SSSR count). The van der Waals surface area contributed by atoms with Gasteiger partial charge in [0.1, 0.15) is 5.01 Å². The average molecular weight is 432 g/mol. The number of benzene rings is 3. The van der Waals surface area contributed by atoms with E-state index in [-0.39, 0.29) is 5.78 Å². The summed E-state index contributed by atoms with van der Waals surface area (Å²) >= 11 is 1.48. The van der Waals surface area contributed by atoms with E-state index in [4.69, 9.17) is 19.2 Å². The highest BCUT2D eigenvalue weighted by molar-refractivity contribution is 7.20. The summed E-state index contributed by atoms with van der Waals surface area (Å²) < 4.78 is 17.5. The van der Waals surface area contributed by atoms with Gasteiger partial charge in [-0.15, -0.1) is 11.3 Å². The first-order chi connectivity index (χ1) is 15.2. The minimum Gasteiger partial charge on any atom is -0.493 e. The smallest absolute Gasteiger partial charge is 0.203 e. The van der Waals surface area contributed by atoms with Gasteiger partial charge >= 0.3 is 0 Å². The molecule has 31 heavy (non-hydrogen) atoms. The molecule has 0 aliphatic heterocycles. The Morgan fingerprint density at radius 2 is 1.55 bits per heavy atom. The van der Waals surface area contributed by atoms with Gasteiger partial charge in [-0.1, -0.05) is 42.5 Å². The van der Waals surface area contributed by atoms with Gasteiger partial charge in [0.05, 0.1) is 37.1 Å². The predicted molar refractivity (Wildman–Crippen MR) is 124 cm³/mol. The normalized spacial score (nSPS) is 11.4. The number of thiazole rings is 1. The molecular formula is C25H21NO4S. The Hall–Kier alpha value is -3.64. The monoisotopic (exact) mass is 431 g/mol. The van der Waals surface area contributed by atoms with Crippen molar-refractivity contribution in [1.29, 1.82) is 0 Å². The van der Waals surface area contributed by atoms with E-state index in [1.165, 1.54) is 11.3 Å². The first-order valence-corrected chi connectivity index (χ1v) is 10.4. The number of carbonyl (C=O) groups is 1. The molecule has 0 saturated carbocycles. The Morgan fingerprint density at radius 1 is 0.839 bits per heavy atom. The van der Waals surface area contributed by atoms with E-state index < -0.39 is 0 Å². The molecule has 1 heterocycles. The highest BCUT2D eigenvalue weighted by Gasteiger charge is 2.21. The molecule has 156 valence electrons. The lowest BCUT2D eigenvalue weighted by Crippen LogP contribution is -2.03. The van der Waals surface area contributed by atoms with Crippen molar-refractivity contribution in [3.05, 3.63) is 82.9 Å². The van der Waals surface area contributed by atoms with Crippen LogP contribution in [0.25, 0.3) is 21.9 Å². The summed E-state index contributed by atoms with van der Waals surface area (Å²) in [5.41, 5.74) is 2.62. The SMILES string of the molecule is COc1ccc(C=C(C(=O)c2ccccc2)c2nc3ccccc3s2)c(OC)c1OC. The molecule has 0 fully saturated rings. The van der Waals surface area contributed by atoms with Crippen LogP contribution in [0.15, 0.2) is 66.7 Å². The molecule has 6 heteroatoms. The number of rotatable bonds is 7. The number of aromatic nitrogens is 1. The zero-order valence-corrected chi connectivity index (χ0v) is 18.2. The van der Waals surface area contributed by atoms with Crippen molar-refractivity contribution in [2.45, 2.75) is 0 Å². The number of ketones is 1. The number of carbonyl (C=O) groups excluding carboxylic acids is 1. The molecule has 0 bridgehead atoms. The van der Waals surface area contributed by atoms with Gasteiger partial charge in [-0.2, -0.15) is 0 Å². The summed E-state index contributed by atoms with van der Waals surface area (Å²) in [5.74, 6) is 1.39. The van der Waals surface area contributed by atoms with Crippen molar-refractivity contribution >= 4 is 39.0 Å². The Bertz CT molecular complexity index is 1230. The second-order valence-corrected chi connectivity index (χ2v) is 7.69. The maximum atomic E-state index is 13.5. The van der Waals surface area contributed by atoms with Crippen LogP contribution in [0.1, 0.15) is 20.9 Å². The number of methoxy groups -OCH3 is 3. The van der Waals surface area contributed by atoms with E-state index in [2.05, 4.69) is 0 Å². The first kappa shape index (κ1) is 20.6. The lowest BCUT2D eigenvalue weighted by molar-refractivity contribution is 0.105. The molecular weight excluding hydrogens is 410 g/mol. The number of hydrogen-bond donors (Lipinski definition) is 0. The van der Waals surface area contributed by atoms with E-state index in [1.54, 1.807) is 45.6 Å². The highest BCUT2D eigenvalue weighted by atomic mass is 32.1. The van der Waals surface area contributed by atoms with Crippen molar-refractivity contribution in [3.63, 3.8) is 0 Å². The Balaban J connectivity index is 1.93. The zero-order chi connectivity index (χ0) is 21.8. The van der Waals surface area contributed by atoms with E-state index >= 15 is 0 Å². The summed E-state index contributed by atoms with van der Waals surface area (Å²) in [6.45, 7) is 0. The van der Waals surface area contributed by atoms with Crippen molar-refractivity contribution < 1.29 is 19.0 Å². The second kappa shape index (κ2) is 9.02. The molecule has 1 aromatic heterocycles. The molecule has 0 atom stereocenters. The van der Waals surface area contributed by atoms with Gasteiger partial charge in [-0.05, 0) is 30.3 Å². The third-order valence-electron chi connectivity index (χ3n) is 4.84. The maximum Gasteiger partial charge on any atom is 0.203 e. The van der Waals surface area contributed by atoms with Crippen LogP contribution in [0.5, 0.6) is 17.2 Å². The molecule has 3 aromatic carbocycles. The lowest BCUT2D eigenvalue weighted by Gasteiger charge is -2.14. The largest absolute Gasteiger partial charge is 0.493 e. The van der Waals surface area contributed by atoms with Crippen LogP contribution < -0.4 is 14.2 Å². The fourth-order valence-electron chi connectivity index (χ4n) is 3.35. The van der Waals surface area contributed by atoms with Gasteiger partial charge in [-0.25, -0.2) is 4.98 Å². The number of allylic oxidation sites excluding steroid dienone is 1. The number of para-hydroxylation sites is 1. The summed E-state index contributed by atoms with van der Waals surface area (Å²) in [6.07, 6.45) is 1.80. The molecule has 0 aliphatic carbocycles. The van der Waals surface area contributed by atoms with Crippen LogP contribution >= 0.6 is 11.3 Å². The number of ether oxygens (including phenoxy) is 3. The number of Topliss-reactive ketones (excluding diaryl/α,β-unsaturated/α-hetero) is 1. The molecule has 0 saturated heterocycles. The molecule has 0 aliphatic rings. The van der Waals surface area contributed by atoms with Crippen LogP contribution in [-0.4, -0.2) is 32.1 Å². The van der Waals surface area contributed by atoms with E-state index in [0.717, 1.165) is 10.2 Å². The number of hydrogen-bond acceptors (Lipinski definition) is 6. The third-order valence-corrected chi connectivity index (χ3v) is 5.91. The van der Waals surface area contributed by atoms with Gasteiger partial charge in [0.2, 0.25) is 5.75 Å². The Morgan fingerprint density at radius 3 is 2.23 bits per heavy atom. The van der Waals surface area contributed by atoms with Crippen LogP contribution in [0.4, 0.5) is 0 Å². The van der Waals surface area contributed by atoms with Gasteiger partial charge in [0.15, 0.2) is 17.3 Å². The standard InChI is InChI=1S/C25H21NO4S/c1-28-20-14-13-17(23(29-2)24(20)30-3)15-18(22(27)16-9-5-4-6-10-16)25-26-19-11-7-8-12-21(19)31-25/h4-15H,1-3H3. The molecule has 0 radical (unpaired) electrons. The summed E-state index contributed by atoms with van der Waals surface area (Å²) in [7, 11) is 4.68. The van der Waals surface area contributed by atoms with Gasteiger partial charge in [-0.3, -0.25) is 4.79 Å². The first-order valence-electron chi connectivity index (χ1n) is 9.62. The average Bonchev–Trinajstić information content (AvgIpc) is 3.25. The number of nitrogens with zero attached hydrogens (tertiary/aromatic N) is 1. The molecule has 0 spiro atoms.